The molecule has 2 nitrogen and oxygen atoms in total. The maximum absolute atomic E-state index is 6.05. The summed E-state index contributed by atoms with van der Waals surface area (Å²) in [5.74, 6) is 0. The number of nitrogens with one attached hydrogen (secondary N) is 1. The van der Waals surface area contributed by atoms with Gasteiger partial charge in [-0.25, -0.2) is 0 Å². The van der Waals surface area contributed by atoms with Crippen LogP contribution in [0.25, 0.3) is 0 Å². The average molecular weight is 241 g/mol. The van der Waals surface area contributed by atoms with E-state index in [4.69, 9.17) is 4.74 Å². The first-order chi connectivity index (χ1) is 7.74. The van der Waals surface area contributed by atoms with Crippen molar-refractivity contribution in [3.05, 3.63) is 22.4 Å². The molecule has 0 saturated heterocycles. The van der Waals surface area contributed by atoms with Crippen molar-refractivity contribution in [1.82, 2.24) is 5.32 Å². The van der Waals surface area contributed by atoms with E-state index in [0.717, 1.165) is 19.4 Å². The Bertz CT molecular complexity index is 280. The summed E-state index contributed by atoms with van der Waals surface area (Å²) in [6, 6.07) is 2.47. The van der Waals surface area contributed by atoms with E-state index in [1.165, 1.54) is 5.56 Å². The summed E-state index contributed by atoms with van der Waals surface area (Å²) >= 11 is 1.74. The largest absolute Gasteiger partial charge is 0.373 e. The van der Waals surface area contributed by atoms with E-state index < -0.39 is 0 Å². The van der Waals surface area contributed by atoms with Crippen LogP contribution in [-0.4, -0.2) is 19.3 Å². The molecule has 1 aromatic heterocycles. The summed E-state index contributed by atoms with van der Waals surface area (Å²) < 4.78 is 6.05. The summed E-state index contributed by atoms with van der Waals surface area (Å²) in [5, 5.41) is 7.75. The van der Waals surface area contributed by atoms with Crippen LogP contribution in [0, 0.1) is 0 Å². The fourth-order valence-electron chi connectivity index (χ4n) is 2.41. The Morgan fingerprint density at radius 2 is 2.06 bits per heavy atom. The summed E-state index contributed by atoms with van der Waals surface area (Å²) in [6.07, 6.45) is 2.05. The first kappa shape index (κ1) is 13.7. The number of hydrogen-bond donors (Lipinski definition) is 1. The number of thiophene rings is 1. The van der Waals surface area contributed by atoms with Crippen molar-refractivity contribution in [2.24, 2.45) is 0 Å². The zero-order chi connectivity index (χ0) is 12.0. The molecule has 0 aromatic carbocycles. The third-order valence-electron chi connectivity index (χ3n) is 3.32. The van der Waals surface area contributed by atoms with Gasteiger partial charge in [-0.1, -0.05) is 13.8 Å². The third-order valence-corrected chi connectivity index (χ3v) is 4.02. The smallest absolute Gasteiger partial charge is 0.0871 e. The summed E-state index contributed by atoms with van der Waals surface area (Å²) in [5.41, 5.74) is 1.26. The van der Waals surface area contributed by atoms with Crippen molar-refractivity contribution in [1.29, 1.82) is 0 Å². The fraction of sp³-hybridized carbons (Fsp3) is 0.692. The van der Waals surface area contributed by atoms with Gasteiger partial charge in [0.2, 0.25) is 0 Å². The Morgan fingerprint density at radius 1 is 1.38 bits per heavy atom. The van der Waals surface area contributed by atoms with Crippen LogP contribution in [0.15, 0.2) is 16.8 Å². The highest BCUT2D eigenvalue weighted by Crippen LogP contribution is 2.35. The van der Waals surface area contributed by atoms with E-state index in [0.29, 0.717) is 0 Å². The van der Waals surface area contributed by atoms with Crippen molar-refractivity contribution < 1.29 is 4.74 Å². The highest BCUT2D eigenvalue weighted by molar-refractivity contribution is 7.07. The van der Waals surface area contributed by atoms with E-state index >= 15 is 0 Å². The van der Waals surface area contributed by atoms with Crippen LogP contribution < -0.4 is 5.32 Å². The monoisotopic (exact) mass is 241 g/mol. The van der Waals surface area contributed by atoms with Crippen LogP contribution in [0.4, 0.5) is 0 Å². The zero-order valence-corrected chi connectivity index (χ0v) is 11.6. The predicted octanol–water partition coefficient (Wildman–Crippen LogP) is 3.60. The molecular formula is C13H23NOS. The first-order valence-electron chi connectivity index (χ1n) is 6.07. The van der Waals surface area contributed by atoms with Gasteiger partial charge in [0.1, 0.15) is 0 Å². The van der Waals surface area contributed by atoms with Gasteiger partial charge in [-0.3, -0.25) is 0 Å². The van der Waals surface area contributed by atoms with Crippen molar-refractivity contribution in [3.63, 3.8) is 0 Å². The molecule has 1 N–H and O–H groups in total. The highest BCUT2D eigenvalue weighted by Gasteiger charge is 2.36. The average Bonchev–Trinajstić information content (AvgIpc) is 2.82. The fourth-order valence-corrected chi connectivity index (χ4v) is 3.09. The molecule has 0 aliphatic rings. The van der Waals surface area contributed by atoms with Gasteiger partial charge in [-0.15, -0.1) is 0 Å². The number of likely N-dealkylation sites (N-methyl/N-ethyl adjacent to an activating group) is 1. The number of hydrogen-bond acceptors (Lipinski definition) is 3. The lowest BCUT2D eigenvalue weighted by molar-refractivity contribution is -0.0716. The molecule has 16 heavy (non-hydrogen) atoms. The van der Waals surface area contributed by atoms with Gasteiger partial charge in [0.05, 0.1) is 11.6 Å². The van der Waals surface area contributed by atoms with Crippen LogP contribution in [0.1, 0.15) is 45.2 Å². The zero-order valence-electron chi connectivity index (χ0n) is 10.7. The molecule has 0 aliphatic carbocycles. The highest BCUT2D eigenvalue weighted by atomic mass is 32.1. The van der Waals surface area contributed by atoms with Gasteiger partial charge in [0, 0.05) is 6.61 Å². The van der Waals surface area contributed by atoms with Crippen molar-refractivity contribution in [2.45, 2.75) is 45.3 Å². The minimum absolute atomic E-state index is 0.0788. The molecule has 0 aliphatic heterocycles. The van der Waals surface area contributed by atoms with E-state index in [9.17, 15) is 0 Å². The van der Waals surface area contributed by atoms with Crippen LogP contribution in [0.2, 0.25) is 0 Å². The molecule has 0 radical (unpaired) electrons. The van der Waals surface area contributed by atoms with Crippen molar-refractivity contribution >= 4 is 11.3 Å². The Morgan fingerprint density at radius 3 is 2.44 bits per heavy atom. The second-order valence-corrected chi connectivity index (χ2v) is 4.76. The molecule has 0 bridgehead atoms. The van der Waals surface area contributed by atoms with Crippen LogP contribution in [0.3, 0.4) is 0 Å². The van der Waals surface area contributed by atoms with E-state index in [1.54, 1.807) is 11.3 Å². The molecule has 0 saturated carbocycles. The van der Waals surface area contributed by atoms with Crippen LogP contribution in [0.5, 0.6) is 0 Å². The molecule has 1 unspecified atom stereocenters. The molecular weight excluding hydrogens is 218 g/mol. The molecule has 1 heterocycles. The molecule has 92 valence electrons. The lowest BCUT2D eigenvalue weighted by Crippen LogP contribution is -2.44. The molecule has 3 heteroatoms. The van der Waals surface area contributed by atoms with Gasteiger partial charge in [-0.05, 0) is 49.2 Å². The van der Waals surface area contributed by atoms with Gasteiger partial charge < -0.3 is 10.1 Å². The predicted molar refractivity (Wildman–Crippen MR) is 71.1 cm³/mol. The molecule has 0 fully saturated rings. The van der Waals surface area contributed by atoms with E-state index in [1.807, 2.05) is 7.05 Å². The molecule has 1 atom stereocenters. The minimum Gasteiger partial charge on any atom is -0.373 e. The van der Waals surface area contributed by atoms with Gasteiger partial charge in [-0.2, -0.15) is 11.3 Å². The number of ether oxygens (including phenoxy) is 1. The molecule has 1 rings (SSSR count). The SMILES string of the molecule is CCOC(CC)(CC)C(NC)c1ccsc1. The minimum atomic E-state index is -0.0788. The standard InChI is InChI=1S/C13H23NOS/c1-5-13(6-2,15-7-3)12(14-4)11-8-9-16-10-11/h8-10,12,14H,5-7H2,1-4H3. The Labute approximate surface area is 103 Å². The maximum atomic E-state index is 6.05. The van der Waals surface area contributed by atoms with E-state index in [2.05, 4.69) is 42.9 Å². The third kappa shape index (κ3) is 2.65. The van der Waals surface area contributed by atoms with Gasteiger partial charge in [0.25, 0.3) is 0 Å². The van der Waals surface area contributed by atoms with E-state index in [-0.39, 0.29) is 11.6 Å². The molecule has 1 aromatic rings. The number of rotatable bonds is 7. The molecule has 0 amide bonds. The van der Waals surface area contributed by atoms with Crippen LogP contribution in [-0.2, 0) is 4.74 Å². The second-order valence-electron chi connectivity index (χ2n) is 3.98. The first-order valence-corrected chi connectivity index (χ1v) is 7.01. The Hall–Kier alpha value is -0.380. The topological polar surface area (TPSA) is 21.3 Å². The Balaban J connectivity index is 2.98. The molecule has 0 spiro atoms. The summed E-state index contributed by atoms with van der Waals surface area (Å²) in [7, 11) is 2.02. The Kier molecular flexibility index (Phi) is 5.46. The second kappa shape index (κ2) is 6.38. The lowest BCUT2D eigenvalue weighted by atomic mass is 9.85. The van der Waals surface area contributed by atoms with Crippen molar-refractivity contribution in [2.75, 3.05) is 13.7 Å². The quantitative estimate of drug-likeness (QED) is 0.787. The van der Waals surface area contributed by atoms with Gasteiger partial charge in [0.15, 0.2) is 0 Å². The normalized spacial score (nSPS) is 14.0. The maximum Gasteiger partial charge on any atom is 0.0871 e. The van der Waals surface area contributed by atoms with Gasteiger partial charge >= 0.3 is 0 Å². The summed E-state index contributed by atoms with van der Waals surface area (Å²) in [6.45, 7) is 7.25. The van der Waals surface area contributed by atoms with Crippen LogP contribution >= 0.6 is 11.3 Å². The summed E-state index contributed by atoms with van der Waals surface area (Å²) in [4.78, 5) is 0. The van der Waals surface area contributed by atoms with Crippen molar-refractivity contribution in [3.8, 4) is 0 Å². The lowest BCUT2D eigenvalue weighted by Gasteiger charge is -2.39.